The molecule has 2 N–H and O–H groups in total. The van der Waals surface area contributed by atoms with Crippen LogP contribution in [-0.2, 0) is 6.54 Å². The summed E-state index contributed by atoms with van der Waals surface area (Å²) in [6.45, 7) is 0.313. The molecule has 7 heteroatoms. The smallest absolute Gasteiger partial charge is 0.319 e. The van der Waals surface area contributed by atoms with Crippen molar-refractivity contribution in [1.29, 1.82) is 0 Å². The maximum absolute atomic E-state index is 12.0. The van der Waals surface area contributed by atoms with Crippen molar-refractivity contribution in [3.63, 3.8) is 0 Å². The Bertz CT molecular complexity index is 994. The van der Waals surface area contributed by atoms with Crippen LogP contribution in [0.4, 0.5) is 10.5 Å². The van der Waals surface area contributed by atoms with Crippen LogP contribution in [0.5, 0.6) is 0 Å². The Morgan fingerprint density at radius 3 is 2.88 bits per heavy atom. The van der Waals surface area contributed by atoms with Crippen molar-refractivity contribution in [2.75, 3.05) is 5.32 Å². The van der Waals surface area contributed by atoms with Gasteiger partial charge in [0.2, 0.25) is 5.89 Å². The molecule has 4 rings (SSSR count). The van der Waals surface area contributed by atoms with Crippen LogP contribution in [0.2, 0.25) is 0 Å². The summed E-state index contributed by atoms with van der Waals surface area (Å²) in [5, 5.41) is 5.46. The maximum Gasteiger partial charge on any atom is 0.319 e. The quantitative estimate of drug-likeness (QED) is 0.592. The standard InChI is InChI=1S/C18H14N4O3/c23-18(20-11-13-4-3-9-24-13)21-12-6-7-14-16(10-12)25-17(22-14)15-5-1-2-8-19-15/h1-10H,11H2,(H2,20,21,23). The highest BCUT2D eigenvalue weighted by molar-refractivity contribution is 5.91. The van der Waals surface area contributed by atoms with E-state index in [1.54, 1.807) is 42.8 Å². The molecule has 0 aliphatic rings. The summed E-state index contributed by atoms with van der Waals surface area (Å²) in [5.41, 5.74) is 2.53. The predicted molar refractivity (Wildman–Crippen MR) is 91.8 cm³/mol. The van der Waals surface area contributed by atoms with Gasteiger partial charge in [0.1, 0.15) is 17.0 Å². The number of fused-ring (bicyclic) bond motifs is 1. The molecule has 1 aromatic carbocycles. The highest BCUT2D eigenvalue weighted by Crippen LogP contribution is 2.25. The number of aromatic nitrogens is 2. The minimum Gasteiger partial charge on any atom is -0.467 e. The fourth-order valence-corrected chi connectivity index (χ4v) is 2.36. The van der Waals surface area contributed by atoms with Crippen molar-refractivity contribution < 1.29 is 13.6 Å². The number of nitrogens with zero attached hydrogens (tertiary/aromatic N) is 2. The molecule has 0 atom stereocenters. The van der Waals surface area contributed by atoms with Gasteiger partial charge in [0.15, 0.2) is 5.58 Å². The Morgan fingerprint density at radius 2 is 2.08 bits per heavy atom. The van der Waals surface area contributed by atoms with E-state index in [-0.39, 0.29) is 6.03 Å². The third-order valence-corrected chi connectivity index (χ3v) is 3.53. The van der Waals surface area contributed by atoms with Gasteiger partial charge in [-0.3, -0.25) is 4.98 Å². The number of carbonyl (C=O) groups excluding carboxylic acids is 1. The summed E-state index contributed by atoms with van der Waals surface area (Å²) >= 11 is 0. The molecular weight excluding hydrogens is 320 g/mol. The highest BCUT2D eigenvalue weighted by atomic mass is 16.3. The topological polar surface area (TPSA) is 93.2 Å². The number of anilines is 1. The van der Waals surface area contributed by atoms with Crippen molar-refractivity contribution in [1.82, 2.24) is 15.3 Å². The van der Waals surface area contributed by atoms with Gasteiger partial charge in [-0.2, -0.15) is 0 Å². The van der Waals surface area contributed by atoms with Crippen LogP contribution in [0, 0.1) is 0 Å². The summed E-state index contributed by atoms with van der Waals surface area (Å²) in [4.78, 5) is 20.6. The van der Waals surface area contributed by atoms with Crippen LogP contribution in [0.15, 0.2) is 69.8 Å². The SMILES string of the molecule is O=C(NCc1ccco1)Nc1ccc2nc(-c3ccccn3)oc2c1. The van der Waals surface area contributed by atoms with Crippen LogP contribution in [0.1, 0.15) is 5.76 Å². The van der Waals surface area contributed by atoms with Gasteiger partial charge < -0.3 is 19.5 Å². The molecule has 124 valence electrons. The normalized spacial score (nSPS) is 10.7. The molecular formula is C18H14N4O3. The van der Waals surface area contributed by atoms with Gasteiger partial charge in [0, 0.05) is 18.0 Å². The molecule has 0 radical (unpaired) electrons. The number of pyridine rings is 1. The average Bonchev–Trinajstić information content (AvgIpc) is 3.30. The molecule has 0 unspecified atom stereocenters. The largest absolute Gasteiger partial charge is 0.467 e. The third-order valence-electron chi connectivity index (χ3n) is 3.53. The fraction of sp³-hybridized carbons (Fsp3) is 0.0556. The average molecular weight is 334 g/mol. The zero-order valence-corrected chi connectivity index (χ0v) is 13.1. The van der Waals surface area contributed by atoms with Gasteiger partial charge >= 0.3 is 6.03 Å². The first kappa shape index (κ1) is 14.9. The molecule has 7 nitrogen and oxygen atoms in total. The van der Waals surface area contributed by atoms with Crippen LogP contribution in [0.25, 0.3) is 22.7 Å². The Hall–Kier alpha value is -3.61. The van der Waals surface area contributed by atoms with Crippen LogP contribution in [-0.4, -0.2) is 16.0 Å². The second-order valence-electron chi connectivity index (χ2n) is 5.30. The van der Waals surface area contributed by atoms with Crippen molar-refractivity contribution in [3.05, 3.63) is 66.8 Å². The highest BCUT2D eigenvalue weighted by Gasteiger charge is 2.10. The predicted octanol–water partition coefficient (Wildman–Crippen LogP) is 3.80. The van der Waals surface area contributed by atoms with E-state index in [0.717, 1.165) is 0 Å². The van der Waals surface area contributed by atoms with E-state index in [2.05, 4.69) is 20.6 Å². The third kappa shape index (κ3) is 3.35. The number of rotatable bonds is 4. The molecule has 4 aromatic rings. The second-order valence-corrected chi connectivity index (χ2v) is 5.30. The van der Waals surface area contributed by atoms with E-state index in [0.29, 0.717) is 40.7 Å². The first-order valence-corrected chi connectivity index (χ1v) is 7.67. The number of carbonyl (C=O) groups is 1. The molecule has 0 spiro atoms. The molecule has 2 amide bonds. The maximum atomic E-state index is 12.0. The first-order valence-electron chi connectivity index (χ1n) is 7.67. The molecule has 3 aromatic heterocycles. The zero-order valence-electron chi connectivity index (χ0n) is 13.1. The van der Waals surface area contributed by atoms with Crippen molar-refractivity contribution >= 4 is 22.8 Å². The second kappa shape index (κ2) is 6.48. The Labute approximate surface area is 142 Å². The lowest BCUT2D eigenvalue weighted by molar-refractivity contribution is 0.251. The van der Waals surface area contributed by atoms with Gasteiger partial charge in [0.25, 0.3) is 0 Å². The van der Waals surface area contributed by atoms with Crippen molar-refractivity contribution in [3.8, 4) is 11.6 Å². The minimum absolute atomic E-state index is 0.313. The molecule has 0 saturated heterocycles. The van der Waals surface area contributed by atoms with Crippen LogP contribution >= 0.6 is 0 Å². The summed E-state index contributed by atoms with van der Waals surface area (Å²) in [6.07, 6.45) is 3.24. The van der Waals surface area contributed by atoms with Crippen molar-refractivity contribution in [2.24, 2.45) is 0 Å². The molecule has 0 aliphatic heterocycles. The number of hydrogen-bond acceptors (Lipinski definition) is 5. The minimum atomic E-state index is -0.333. The number of furan rings is 1. The van der Waals surface area contributed by atoms with Crippen LogP contribution < -0.4 is 10.6 Å². The molecule has 3 heterocycles. The number of benzene rings is 1. The van der Waals surface area contributed by atoms with Gasteiger partial charge in [-0.15, -0.1) is 0 Å². The Kier molecular flexibility index (Phi) is 3.88. The number of urea groups is 1. The van der Waals surface area contributed by atoms with E-state index in [1.807, 2.05) is 18.2 Å². The summed E-state index contributed by atoms with van der Waals surface area (Å²) in [5.74, 6) is 1.12. The van der Waals surface area contributed by atoms with E-state index >= 15 is 0 Å². The van der Waals surface area contributed by atoms with E-state index in [1.165, 1.54) is 0 Å². The molecule has 0 bridgehead atoms. The van der Waals surface area contributed by atoms with Gasteiger partial charge in [-0.05, 0) is 36.4 Å². The lowest BCUT2D eigenvalue weighted by atomic mass is 10.3. The van der Waals surface area contributed by atoms with Crippen LogP contribution in [0.3, 0.4) is 0 Å². The number of amides is 2. The van der Waals surface area contributed by atoms with E-state index in [4.69, 9.17) is 8.83 Å². The Morgan fingerprint density at radius 1 is 1.12 bits per heavy atom. The zero-order chi connectivity index (χ0) is 17.1. The van der Waals surface area contributed by atoms with Crippen molar-refractivity contribution in [2.45, 2.75) is 6.54 Å². The molecule has 25 heavy (non-hydrogen) atoms. The number of oxazole rings is 1. The molecule has 0 saturated carbocycles. The van der Waals surface area contributed by atoms with Gasteiger partial charge in [0.05, 0.1) is 12.8 Å². The monoisotopic (exact) mass is 334 g/mol. The lowest BCUT2D eigenvalue weighted by Gasteiger charge is -2.06. The number of nitrogens with one attached hydrogen (secondary N) is 2. The van der Waals surface area contributed by atoms with E-state index in [9.17, 15) is 4.79 Å². The summed E-state index contributed by atoms with van der Waals surface area (Å²) in [7, 11) is 0. The van der Waals surface area contributed by atoms with E-state index < -0.39 is 0 Å². The first-order chi connectivity index (χ1) is 12.3. The van der Waals surface area contributed by atoms with Gasteiger partial charge in [-0.25, -0.2) is 9.78 Å². The fourth-order valence-electron chi connectivity index (χ4n) is 2.36. The lowest BCUT2D eigenvalue weighted by Crippen LogP contribution is -2.27. The Balaban J connectivity index is 1.48. The summed E-state index contributed by atoms with van der Waals surface area (Å²) in [6, 6.07) is 14.0. The van der Waals surface area contributed by atoms with Gasteiger partial charge in [-0.1, -0.05) is 6.07 Å². The summed E-state index contributed by atoms with van der Waals surface area (Å²) < 4.78 is 10.9. The molecule has 0 fully saturated rings. The molecule has 0 aliphatic carbocycles. The number of hydrogen-bond donors (Lipinski definition) is 2.